The molecule has 0 radical (unpaired) electrons. The summed E-state index contributed by atoms with van der Waals surface area (Å²) >= 11 is 0. The van der Waals surface area contributed by atoms with Crippen LogP contribution in [0, 0.1) is 5.92 Å². The number of aromatic nitrogens is 3. The van der Waals surface area contributed by atoms with E-state index in [9.17, 15) is 4.79 Å². The molecule has 17 heavy (non-hydrogen) atoms. The van der Waals surface area contributed by atoms with Crippen LogP contribution in [0.3, 0.4) is 0 Å². The van der Waals surface area contributed by atoms with Gasteiger partial charge in [0.15, 0.2) is 5.69 Å². The van der Waals surface area contributed by atoms with E-state index in [4.69, 9.17) is 9.84 Å². The monoisotopic (exact) mass is 241 g/mol. The summed E-state index contributed by atoms with van der Waals surface area (Å²) in [6.45, 7) is 5.35. The number of rotatable bonds is 7. The van der Waals surface area contributed by atoms with E-state index in [-0.39, 0.29) is 5.69 Å². The smallest absolute Gasteiger partial charge is 0.358 e. The maximum atomic E-state index is 11.0. The normalized spacial score (nSPS) is 12.6. The number of ether oxygens (including phenoxy) is 1. The van der Waals surface area contributed by atoms with Crippen LogP contribution in [-0.4, -0.2) is 39.8 Å². The van der Waals surface area contributed by atoms with Gasteiger partial charge < -0.3 is 9.84 Å². The van der Waals surface area contributed by atoms with Gasteiger partial charge in [0, 0.05) is 20.1 Å². The molecule has 1 N–H and O–H groups in total. The summed E-state index contributed by atoms with van der Waals surface area (Å²) in [4.78, 5) is 11.0. The van der Waals surface area contributed by atoms with Crippen LogP contribution >= 0.6 is 0 Å². The van der Waals surface area contributed by atoms with Gasteiger partial charge in [0.05, 0.1) is 12.3 Å². The van der Waals surface area contributed by atoms with E-state index < -0.39 is 5.97 Å². The van der Waals surface area contributed by atoms with E-state index in [1.54, 1.807) is 11.8 Å². The number of hydrogen-bond acceptors (Lipinski definition) is 4. The fourth-order valence-electron chi connectivity index (χ4n) is 1.52. The second-order valence-corrected chi connectivity index (χ2v) is 4.13. The van der Waals surface area contributed by atoms with Crippen molar-refractivity contribution in [2.75, 3.05) is 13.7 Å². The molecule has 6 heteroatoms. The highest BCUT2D eigenvalue weighted by Gasteiger charge is 2.19. The summed E-state index contributed by atoms with van der Waals surface area (Å²) in [5, 5.41) is 16.6. The maximum absolute atomic E-state index is 11.0. The molecule has 1 aromatic heterocycles. The maximum Gasteiger partial charge on any atom is 0.358 e. The van der Waals surface area contributed by atoms with Gasteiger partial charge in [-0.25, -0.2) is 9.48 Å². The summed E-state index contributed by atoms with van der Waals surface area (Å²) in [7, 11) is 1.59. The Morgan fingerprint density at radius 3 is 2.82 bits per heavy atom. The van der Waals surface area contributed by atoms with Crippen LogP contribution in [0.4, 0.5) is 0 Å². The summed E-state index contributed by atoms with van der Waals surface area (Å²) in [6.07, 6.45) is 1.54. The van der Waals surface area contributed by atoms with Crippen LogP contribution in [0.15, 0.2) is 0 Å². The van der Waals surface area contributed by atoms with Crippen molar-refractivity contribution < 1.29 is 14.6 Å². The van der Waals surface area contributed by atoms with Crippen LogP contribution in [0.5, 0.6) is 0 Å². The van der Waals surface area contributed by atoms with E-state index in [0.29, 0.717) is 31.2 Å². The zero-order valence-corrected chi connectivity index (χ0v) is 10.5. The van der Waals surface area contributed by atoms with Crippen LogP contribution in [0.1, 0.15) is 36.5 Å². The number of carboxylic acid groups (broad SMARTS) is 1. The molecule has 0 saturated carbocycles. The lowest BCUT2D eigenvalue weighted by Gasteiger charge is -2.11. The SMILES string of the molecule is CCC(C)Cn1nnc(C(=O)O)c1CCOC. The van der Waals surface area contributed by atoms with Crippen LogP contribution in [0.2, 0.25) is 0 Å². The first-order valence-corrected chi connectivity index (χ1v) is 5.74. The fraction of sp³-hybridized carbons (Fsp3) is 0.727. The molecule has 0 bridgehead atoms. The first-order chi connectivity index (χ1) is 8.10. The van der Waals surface area contributed by atoms with Crippen molar-refractivity contribution >= 4 is 5.97 Å². The number of aromatic carboxylic acids is 1. The molecule has 96 valence electrons. The van der Waals surface area contributed by atoms with Gasteiger partial charge in [0.25, 0.3) is 0 Å². The molecule has 1 heterocycles. The van der Waals surface area contributed by atoms with Crippen molar-refractivity contribution in [1.29, 1.82) is 0 Å². The minimum Gasteiger partial charge on any atom is -0.476 e. The average molecular weight is 241 g/mol. The number of carbonyl (C=O) groups is 1. The molecule has 0 aliphatic rings. The topological polar surface area (TPSA) is 77.2 Å². The molecule has 0 fully saturated rings. The van der Waals surface area contributed by atoms with E-state index in [2.05, 4.69) is 24.2 Å². The number of nitrogens with zero attached hydrogens (tertiary/aromatic N) is 3. The van der Waals surface area contributed by atoms with Gasteiger partial charge >= 0.3 is 5.97 Å². The van der Waals surface area contributed by atoms with Gasteiger partial charge in [-0.1, -0.05) is 25.5 Å². The van der Waals surface area contributed by atoms with Gasteiger partial charge in [0.2, 0.25) is 0 Å². The van der Waals surface area contributed by atoms with Crippen molar-refractivity contribution in [3.63, 3.8) is 0 Å². The lowest BCUT2D eigenvalue weighted by Crippen LogP contribution is -2.14. The number of carboxylic acids is 1. The molecular formula is C11H19N3O3. The van der Waals surface area contributed by atoms with Crippen LogP contribution < -0.4 is 0 Å². The molecule has 6 nitrogen and oxygen atoms in total. The van der Waals surface area contributed by atoms with Crippen molar-refractivity contribution in [3.05, 3.63) is 11.4 Å². The highest BCUT2D eigenvalue weighted by molar-refractivity contribution is 5.86. The highest BCUT2D eigenvalue weighted by atomic mass is 16.5. The second kappa shape index (κ2) is 6.34. The molecule has 1 rings (SSSR count). The molecule has 0 saturated heterocycles. The summed E-state index contributed by atoms with van der Waals surface area (Å²) in [5.41, 5.74) is 0.671. The third-order valence-corrected chi connectivity index (χ3v) is 2.76. The summed E-state index contributed by atoms with van der Waals surface area (Å²) in [5.74, 6) is -0.592. The molecule has 0 aliphatic heterocycles. The minimum absolute atomic E-state index is 0.0327. The zero-order chi connectivity index (χ0) is 12.8. The second-order valence-electron chi connectivity index (χ2n) is 4.13. The Labute approximate surface area is 101 Å². The lowest BCUT2D eigenvalue weighted by molar-refractivity contribution is 0.0688. The van der Waals surface area contributed by atoms with Gasteiger partial charge in [-0.15, -0.1) is 5.10 Å². The third kappa shape index (κ3) is 3.52. The lowest BCUT2D eigenvalue weighted by atomic mass is 10.1. The first kappa shape index (κ1) is 13.6. The Morgan fingerprint density at radius 2 is 2.29 bits per heavy atom. The average Bonchev–Trinajstić information content (AvgIpc) is 2.69. The van der Waals surface area contributed by atoms with Crippen LogP contribution in [0.25, 0.3) is 0 Å². The van der Waals surface area contributed by atoms with Gasteiger partial charge in [-0.05, 0) is 5.92 Å². The molecule has 0 amide bonds. The Morgan fingerprint density at radius 1 is 1.59 bits per heavy atom. The third-order valence-electron chi connectivity index (χ3n) is 2.76. The standard InChI is InChI=1S/C11H19N3O3/c1-4-8(2)7-14-9(5-6-17-3)10(11(15)16)12-13-14/h8H,4-7H2,1-3H3,(H,15,16). The van der Waals surface area contributed by atoms with Crippen molar-refractivity contribution in [1.82, 2.24) is 15.0 Å². The predicted molar refractivity (Wildman–Crippen MR) is 62.0 cm³/mol. The fourth-order valence-corrected chi connectivity index (χ4v) is 1.52. The Kier molecular flexibility index (Phi) is 5.09. The van der Waals surface area contributed by atoms with Crippen LogP contribution in [-0.2, 0) is 17.7 Å². The highest BCUT2D eigenvalue weighted by Crippen LogP contribution is 2.11. The summed E-state index contributed by atoms with van der Waals surface area (Å²) in [6, 6.07) is 0. The molecule has 0 aromatic carbocycles. The van der Waals surface area contributed by atoms with Gasteiger partial charge in [-0.3, -0.25) is 0 Å². The van der Waals surface area contributed by atoms with E-state index in [1.165, 1.54) is 0 Å². The Hall–Kier alpha value is -1.43. The van der Waals surface area contributed by atoms with Crippen molar-refractivity contribution in [2.24, 2.45) is 5.92 Å². The number of methoxy groups -OCH3 is 1. The van der Waals surface area contributed by atoms with Gasteiger partial charge in [-0.2, -0.15) is 0 Å². The zero-order valence-electron chi connectivity index (χ0n) is 10.5. The van der Waals surface area contributed by atoms with Crippen molar-refractivity contribution in [2.45, 2.75) is 33.2 Å². The van der Waals surface area contributed by atoms with E-state index in [0.717, 1.165) is 6.42 Å². The first-order valence-electron chi connectivity index (χ1n) is 5.74. The van der Waals surface area contributed by atoms with Gasteiger partial charge in [0.1, 0.15) is 0 Å². The van der Waals surface area contributed by atoms with E-state index >= 15 is 0 Å². The quantitative estimate of drug-likeness (QED) is 0.776. The molecule has 0 spiro atoms. The predicted octanol–water partition coefficient (Wildman–Crippen LogP) is 1.21. The largest absolute Gasteiger partial charge is 0.476 e. The molecule has 0 aliphatic carbocycles. The van der Waals surface area contributed by atoms with Crippen molar-refractivity contribution in [3.8, 4) is 0 Å². The summed E-state index contributed by atoms with van der Waals surface area (Å²) < 4.78 is 6.65. The minimum atomic E-state index is -1.04. The molecular weight excluding hydrogens is 222 g/mol. The molecule has 1 atom stereocenters. The Balaban J connectivity index is 2.91. The van der Waals surface area contributed by atoms with E-state index in [1.807, 2.05) is 0 Å². The number of hydrogen-bond donors (Lipinski definition) is 1. The molecule has 1 unspecified atom stereocenters. The Bertz CT molecular complexity index is 376. The molecule has 1 aromatic rings.